The Hall–Kier alpha value is -2.45. The normalized spacial score (nSPS) is 19.8. The highest BCUT2D eigenvalue weighted by molar-refractivity contribution is 7.84. The Kier molecular flexibility index (Phi) is 7.12. The van der Waals surface area contributed by atoms with Gasteiger partial charge in [-0.3, -0.25) is 9.11 Å². The number of fused-ring (bicyclic) bond motifs is 2. The summed E-state index contributed by atoms with van der Waals surface area (Å²) >= 11 is 0. The van der Waals surface area contributed by atoms with Gasteiger partial charge in [0.15, 0.2) is 16.7 Å². The second-order valence-corrected chi connectivity index (χ2v) is 11.1. The van der Waals surface area contributed by atoms with Crippen LogP contribution >= 0.6 is 0 Å². The van der Waals surface area contributed by atoms with Gasteiger partial charge in [-0.25, -0.2) is 9.37 Å². The van der Waals surface area contributed by atoms with Gasteiger partial charge in [-0.05, 0) is 44.4 Å². The van der Waals surface area contributed by atoms with E-state index in [0.29, 0.717) is 34.0 Å². The van der Waals surface area contributed by atoms with Crippen LogP contribution in [-0.4, -0.2) is 52.4 Å². The molecule has 0 saturated heterocycles. The summed E-state index contributed by atoms with van der Waals surface area (Å²) in [7, 11) is 2.32. The van der Waals surface area contributed by atoms with Gasteiger partial charge < -0.3 is 14.6 Å². The number of halogens is 1. The van der Waals surface area contributed by atoms with Crippen molar-refractivity contribution in [3.8, 4) is 5.75 Å². The minimum absolute atomic E-state index is 0.130. The third-order valence-corrected chi connectivity index (χ3v) is 8.96. The number of H-pyrrole nitrogens is 1. The molecule has 2 aliphatic rings. The van der Waals surface area contributed by atoms with Crippen LogP contribution in [0.3, 0.4) is 0 Å². The second kappa shape index (κ2) is 10.3. The van der Waals surface area contributed by atoms with Crippen molar-refractivity contribution in [3.63, 3.8) is 0 Å². The molecule has 35 heavy (non-hydrogen) atoms. The number of hydrogen-bond donors (Lipinski definition) is 1. The first-order chi connectivity index (χ1) is 17.0. The summed E-state index contributed by atoms with van der Waals surface area (Å²) < 4.78 is 32.6. The van der Waals surface area contributed by atoms with E-state index in [9.17, 15) is 8.60 Å². The highest BCUT2D eigenvalue weighted by Gasteiger charge is 2.33. The molecule has 2 unspecified atom stereocenters. The zero-order valence-electron chi connectivity index (χ0n) is 20.8. The molecule has 1 saturated carbocycles. The molecule has 0 radical (unpaired) electrons. The van der Waals surface area contributed by atoms with Crippen LogP contribution in [0.5, 0.6) is 5.75 Å². The number of para-hydroxylation sites is 1. The fraction of sp³-hybridized carbons (Fsp3) is 0.519. The largest absolute Gasteiger partial charge is 0.494 e. The molecule has 6 nitrogen and oxygen atoms in total. The lowest BCUT2D eigenvalue weighted by Gasteiger charge is -2.44. The number of aromatic nitrogens is 2. The van der Waals surface area contributed by atoms with Crippen molar-refractivity contribution >= 4 is 27.5 Å². The van der Waals surface area contributed by atoms with Crippen molar-refractivity contribution in [2.45, 2.75) is 68.4 Å². The van der Waals surface area contributed by atoms with Gasteiger partial charge in [-0.15, -0.1) is 0 Å². The van der Waals surface area contributed by atoms with E-state index in [4.69, 9.17) is 4.74 Å². The van der Waals surface area contributed by atoms with Crippen LogP contribution in [0.4, 0.5) is 10.1 Å². The third-order valence-electron chi connectivity index (χ3n) is 7.76. The fourth-order valence-electron chi connectivity index (χ4n) is 5.87. The molecule has 2 aromatic carbocycles. The van der Waals surface area contributed by atoms with E-state index in [2.05, 4.69) is 51.9 Å². The first-order valence-corrected chi connectivity index (χ1v) is 14.0. The zero-order chi connectivity index (χ0) is 24.5. The summed E-state index contributed by atoms with van der Waals surface area (Å²) in [5.74, 6) is 0.0221. The monoisotopic (exact) mass is 498 g/mol. The maximum Gasteiger partial charge on any atom is 0.197 e. The average Bonchev–Trinajstić information content (AvgIpc) is 3.30. The van der Waals surface area contributed by atoms with E-state index in [1.165, 1.54) is 62.6 Å². The fourth-order valence-corrected chi connectivity index (χ4v) is 6.95. The van der Waals surface area contributed by atoms with Crippen molar-refractivity contribution < 1.29 is 13.3 Å². The Balaban J connectivity index is 1.44. The molecule has 1 aromatic heterocycles. The molecular formula is C27H35FN4O2S. The van der Waals surface area contributed by atoms with Crippen molar-refractivity contribution in [1.82, 2.24) is 14.9 Å². The number of nitrogens with one attached hydrogen (secondary N) is 1. The number of ether oxygens (including phenoxy) is 1. The molecule has 0 spiro atoms. The highest BCUT2D eigenvalue weighted by Crippen LogP contribution is 2.42. The Morgan fingerprint density at radius 1 is 1.23 bits per heavy atom. The van der Waals surface area contributed by atoms with E-state index in [1.54, 1.807) is 0 Å². The van der Waals surface area contributed by atoms with E-state index >= 15 is 0 Å². The van der Waals surface area contributed by atoms with Crippen molar-refractivity contribution in [1.29, 1.82) is 0 Å². The first-order valence-electron chi connectivity index (χ1n) is 12.7. The molecule has 2 atom stereocenters. The molecule has 188 valence electrons. The van der Waals surface area contributed by atoms with Gasteiger partial charge in [0, 0.05) is 43.0 Å². The van der Waals surface area contributed by atoms with Crippen molar-refractivity contribution in [2.24, 2.45) is 0 Å². The number of benzene rings is 2. The molecular weight excluding hydrogens is 463 g/mol. The number of methoxy groups -OCH3 is 1. The minimum Gasteiger partial charge on any atom is -0.494 e. The van der Waals surface area contributed by atoms with Crippen LogP contribution < -0.4 is 9.64 Å². The van der Waals surface area contributed by atoms with Gasteiger partial charge in [0.25, 0.3) is 0 Å². The van der Waals surface area contributed by atoms with Crippen molar-refractivity contribution in [3.05, 3.63) is 47.3 Å². The van der Waals surface area contributed by atoms with Gasteiger partial charge >= 0.3 is 0 Å². The summed E-state index contributed by atoms with van der Waals surface area (Å²) in [6.07, 6.45) is 7.66. The molecule has 1 fully saturated rings. The molecule has 1 aliphatic carbocycles. The lowest BCUT2D eigenvalue weighted by Crippen LogP contribution is -2.42. The van der Waals surface area contributed by atoms with Crippen LogP contribution in [0.15, 0.2) is 35.5 Å². The van der Waals surface area contributed by atoms with Crippen LogP contribution in [0.25, 0.3) is 11.0 Å². The molecule has 2 heterocycles. The van der Waals surface area contributed by atoms with E-state index in [1.807, 2.05) is 0 Å². The topological polar surface area (TPSA) is 61.5 Å². The quantitative estimate of drug-likeness (QED) is 0.463. The summed E-state index contributed by atoms with van der Waals surface area (Å²) in [6, 6.07) is 10.3. The third kappa shape index (κ3) is 4.70. The van der Waals surface area contributed by atoms with Gasteiger partial charge in [0.1, 0.15) is 0 Å². The van der Waals surface area contributed by atoms with Crippen LogP contribution in [0, 0.1) is 5.82 Å². The SMILES string of the molecule is CCN1CCC(N(C)C2CCCCC2)c2cccc(CS(=O)c3nc4cc(OC)c(F)cc4[nH]3)c21. The van der Waals surface area contributed by atoms with Gasteiger partial charge in [-0.2, -0.15) is 0 Å². The number of nitrogens with zero attached hydrogens (tertiary/aromatic N) is 3. The van der Waals surface area contributed by atoms with Gasteiger partial charge in [-0.1, -0.05) is 37.5 Å². The van der Waals surface area contributed by atoms with Crippen LogP contribution in [-0.2, 0) is 16.6 Å². The minimum atomic E-state index is -1.39. The second-order valence-electron chi connectivity index (χ2n) is 9.73. The smallest absolute Gasteiger partial charge is 0.197 e. The molecule has 1 N–H and O–H groups in total. The molecule has 5 rings (SSSR count). The van der Waals surface area contributed by atoms with E-state index < -0.39 is 16.6 Å². The highest BCUT2D eigenvalue weighted by atomic mass is 32.2. The Bertz CT molecular complexity index is 1220. The maximum absolute atomic E-state index is 14.1. The molecule has 3 aromatic rings. The summed E-state index contributed by atoms with van der Waals surface area (Å²) in [6.45, 7) is 4.10. The summed E-state index contributed by atoms with van der Waals surface area (Å²) in [4.78, 5) is 12.6. The number of rotatable bonds is 7. The standard InChI is InChI=1S/C27H35FN4O2S/c1-4-32-14-13-24(31(2)19-10-6-5-7-11-19)20-12-8-9-18(26(20)32)17-35(33)27-29-22-15-21(28)25(34-3)16-23(22)30-27/h8-9,12,15-16,19,24H,4-7,10-11,13-14,17H2,1-3H3,(H,29,30). The predicted octanol–water partition coefficient (Wildman–Crippen LogP) is 5.55. The summed E-state index contributed by atoms with van der Waals surface area (Å²) in [5, 5.41) is 0.361. The Morgan fingerprint density at radius 2 is 2.03 bits per heavy atom. The van der Waals surface area contributed by atoms with E-state index in [0.717, 1.165) is 25.1 Å². The maximum atomic E-state index is 14.1. The number of imidazole rings is 1. The van der Waals surface area contributed by atoms with Crippen LogP contribution in [0.2, 0.25) is 0 Å². The molecule has 0 bridgehead atoms. The first kappa shape index (κ1) is 24.3. The Morgan fingerprint density at radius 3 is 2.77 bits per heavy atom. The molecule has 0 amide bonds. The molecule has 1 aliphatic heterocycles. The average molecular weight is 499 g/mol. The summed E-state index contributed by atoms with van der Waals surface area (Å²) in [5.41, 5.74) is 4.72. The number of aromatic amines is 1. The van der Waals surface area contributed by atoms with Crippen LogP contribution in [0.1, 0.15) is 62.6 Å². The van der Waals surface area contributed by atoms with Crippen molar-refractivity contribution in [2.75, 3.05) is 32.1 Å². The Labute approximate surface area is 209 Å². The number of hydrogen-bond acceptors (Lipinski definition) is 5. The predicted molar refractivity (Wildman–Crippen MR) is 139 cm³/mol. The van der Waals surface area contributed by atoms with Gasteiger partial charge in [0.05, 0.1) is 34.7 Å². The lowest BCUT2D eigenvalue weighted by molar-refractivity contribution is 0.129. The zero-order valence-corrected chi connectivity index (χ0v) is 21.7. The van der Waals surface area contributed by atoms with E-state index in [-0.39, 0.29) is 5.75 Å². The van der Waals surface area contributed by atoms with Gasteiger partial charge in [0.2, 0.25) is 0 Å². The molecule has 8 heteroatoms. The number of anilines is 1. The lowest BCUT2D eigenvalue weighted by atomic mass is 9.88.